The highest BCUT2D eigenvalue weighted by atomic mass is 19.3. The zero-order chi connectivity index (χ0) is 29.1. The molecule has 2 aromatic rings. The van der Waals surface area contributed by atoms with Crippen LogP contribution in [0.15, 0.2) is 24.4 Å². The summed E-state index contributed by atoms with van der Waals surface area (Å²) in [6.07, 6.45) is 6.36. The number of anilines is 4. The van der Waals surface area contributed by atoms with Gasteiger partial charge in [0.15, 0.2) is 5.82 Å². The van der Waals surface area contributed by atoms with Crippen LogP contribution < -0.4 is 25.2 Å². The third-order valence-electron chi connectivity index (χ3n) is 8.18. The molecular formula is C28H37F2N7O4. The van der Waals surface area contributed by atoms with Gasteiger partial charge < -0.3 is 35.2 Å². The van der Waals surface area contributed by atoms with Crippen LogP contribution in [0.1, 0.15) is 48.9 Å². The Kier molecular flexibility index (Phi) is 8.55. The Morgan fingerprint density at radius 1 is 1.20 bits per heavy atom. The number of aliphatic hydroxyl groups excluding tert-OH is 1. The molecule has 1 aromatic carbocycles. The molecule has 1 aliphatic carbocycles. The average Bonchev–Trinajstić information content (AvgIpc) is 3.49. The number of nitrogens with zero attached hydrogens (tertiary/aromatic N) is 5. The van der Waals surface area contributed by atoms with Crippen molar-refractivity contribution < 1.29 is 28.2 Å². The van der Waals surface area contributed by atoms with Crippen molar-refractivity contribution in [2.45, 2.75) is 56.5 Å². The largest absolute Gasteiger partial charge is 0.495 e. The van der Waals surface area contributed by atoms with Gasteiger partial charge in [0.2, 0.25) is 5.95 Å². The molecule has 0 bridgehead atoms. The van der Waals surface area contributed by atoms with Gasteiger partial charge in [0, 0.05) is 44.3 Å². The fourth-order valence-corrected chi connectivity index (χ4v) is 5.87. The van der Waals surface area contributed by atoms with Crippen LogP contribution >= 0.6 is 0 Å². The lowest BCUT2D eigenvalue weighted by Gasteiger charge is -2.31. The van der Waals surface area contributed by atoms with Gasteiger partial charge in [-0.2, -0.15) is 13.8 Å². The summed E-state index contributed by atoms with van der Waals surface area (Å²) in [6, 6.07) is 4.89. The van der Waals surface area contributed by atoms with Crippen molar-refractivity contribution in [2.75, 3.05) is 62.1 Å². The first-order valence-corrected chi connectivity index (χ1v) is 14.1. The Bertz CT molecular complexity index is 1270. The molecule has 0 unspecified atom stereocenters. The van der Waals surface area contributed by atoms with Crippen molar-refractivity contribution in [3.63, 3.8) is 0 Å². The number of nitrogens with one attached hydrogen (secondary N) is 2. The van der Waals surface area contributed by atoms with Gasteiger partial charge in [0.05, 0.1) is 32.1 Å². The number of carbonyl (C=O) groups excluding carboxylic acids is 2. The van der Waals surface area contributed by atoms with Crippen molar-refractivity contribution in [2.24, 2.45) is 0 Å². The number of aromatic nitrogens is 2. The number of aliphatic hydroxyl groups is 1. The monoisotopic (exact) mass is 573 g/mol. The van der Waals surface area contributed by atoms with Crippen LogP contribution in [0.5, 0.6) is 5.75 Å². The molecule has 1 aromatic heterocycles. The maximum Gasteiger partial charge on any atom is 0.342 e. The van der Waals surface area contributed by atoms with E-state index in [1.54, 1.807) is 23.1 Å². The number of hydrogen-bond donors (Lipinski definition) is 3. The second-order valence-corrected chi connectivity index (χ2v) is 10.9. The Morgan fingerprint density at radius 3 is 2.61 bits per heavy atom. The minimum absolute atomic E-state index is 0.0504. The lowest BCUT2D eigenvalue weighted by atomic mass is 10.0. The third kappa shape index (κ3) is 6.20. The lowest BCUT2D eigenvalue weighted by molar-refractivity contribution is -0.140. The Morgan fingerprint density at radius 2 is 1.93 bits per heavy atom. The maximum absolute atomic E-state index is 14.9. The normalized spacial score (nSPS) is 20.1. The van der Waals surface area contributed by atoms with Crippen molar-refractivity contribution in [3.05, 3.63) is 30.0 Å². The predicted octanol–water partition coefficient (Wildman–Crippen LogP) is 2.78. The maximum atomic E-state index is 14.9. The van der Waals surface area contributed by atoms with Crippen LogP contribution in [0, 0.1) is 0 Å². The first kappa shape index (κ1) is 28.9. The molecule has 0 atom stereocenters. The van der Waals surface area contributed by atoms with E-state index in [-0.39, 0.29) is 42.1 Å². The first-order valence-electron chi connectivity index (χ1n) is 14.1. The summed E-state index contributed by atoms with van der Waals surface area (Å²) in [6.45, 7) is 1.66. The van der Waals surface area contributed by atoms with Gasteiger partial charge in [-0.15, -0.1) is 0 Å². The zero-order valence-corrected chi connectivity index (χ0v) is 23.4. The molecule has 1 saturated carbocycles. The molecule has 13 heteroatoms. The number of fused-ring (bicyclic) bond motifs is 1. The molecule has 11 nitrogen and oxygen atoms in total. The van der Waals surface area contributed by atoms with Gasteiger partial charge in [0.1, 0.15) is 11.4 Å². The average molecular weight is 574 g/mol. The fourth-order valence-electron chi connectivity index (χ4n) is 5.87. The van der Waals surface area contributed by atoms with Crippen LogP contribution in [0.3, 0.4) is 0 Å². The third-order valence-corrected chi connectivity index (χ3v) is 8.18. The summed E-state index contributed by atoms with van der Waals surface area (Å²) in [5.74, 6) is -4.22. The molecule has 3 aliphatic rings. The van der Waals surface area contributed by atoms with E-state index in [1.807, 2.05) is 0 Å². The summed E-state index contributed by atoms with van der Waals surface area (Å²) in [5, 5.41) is 15.3. The number of benzene rings is 1. The van der Waals surface area contributed by atoms with Crippen molar-refractivity contribution >= 4 is 35.0 Å². The molecule has 0 spiro atoms. The van der Waals surface area contributed by atoms with E-state index in [0.717, 1.165) is 56.5 Å². The number of methoxy groups -OCH3 is 1. The Hall–Kier alpha value is -3.58. The zero-order valence-electron chi connectivity index (χ0n) is 23.4. The molecule has 3 heterocycles. The number of likely N-dealkylation sites (tertiary alicyclic amines) is 1. The highest BCUT2D eigenvalue weighted by Gasteiger charge is 2.48. The highest BCUT2D eigenvalue weighted by molar-refractivity contribution is 6.02. The van der Waals surface area contributed by atoms with E-state index in [1.165, 1.54) is 20.4 Å². The number of β-amino-alcohol motifs (C(OH)–C–C–N with tert-alkyl or cyclic N) is 1. The molecule has 5 rings (SSSR count). The van der Waals surface area contributed by atoms with Crippen LogP contribution in [0.4, 0.5) is 31.9 Å². The second kappa shape index (κ2) is 12.1. The molecule has 41 heavy (non-hydrogen) atoms. The van der Waals surface area contributed by atoms with E-state index in [4.69, 9.17) is 9.84 Å². The van der Waals surface area contributed by atoms with Crippen molar-refractivity contribution in [1.29, 1.82) is 0 Å². The van der Waals surface area contributed by atoms with Crippen molar-refractivity contribution in [3.8, 4) is 5.75 Å². The van der Waals surface area contributed by atoms with Crippen LogP contribution in [0.2, 0.25) is 0 Å². The van der Waals surface area contributed by atoms with Gasteiger partial charge in [-0.1, -0.05) is 12.8 Å². The molecule has 0 radical (unpaired) electrons. The summed E-state index contributed by atoms with van der Waals surface area (Å²) < 4.78 is 35.3. The number of halogens is 2. The fraction of sp³-hybridized carbons (Fsp3) is 0.571. The molecule has 2 fully saturated rings. The molecule has 1 saturated heterocycles. The van der Waals surface area contributed by atoms with Crippen LogP contribution in [-0.4, -0.2) is 96.7 Å². The topological polar surface area (TPSA) is 123 Å². The minimum atomic E-state index is -3.55. The van der Waals surface area contributed by atoms with E-state index < -0.39 is 18.4 Å². The summed E-state index contributed by atoms with van der Waals surface area (Å²) in [5.41, 5.74) is 1.16. The quantitative estimate of drug-likeness (QED) is 0.438. The van der Waals surface area contributed by atoms with Gasteiger partial charge in [-0.3, -0.25) is 9.59 Å². The number of hydrogen-bond acceptors (Lipinski definition) is 9. The minimum Gasteiger partial charge on any atom is -0.495 e. The SMILES string of the molecule is COc1cc(C(=O)NC2CCN(CCO)CC2)ccc1Nc1ncc2c(n1)N(C1CCCC1)CC(F)(F)C(=O)N2C. The molecular weight excluding hydrogens is 536 g/mol. The Labute approximate surface area is 237 Å². The van der Waals surface area contributed by atoms with E-state index in [2.05, 4.69) is 25.5 Å². The summed E-state index contributed by atoms with van der Waals surface area (Å²) in [7, 11) is 2.80. The number of amides is 2. The van der Waals surface area contributed by atoms with Gasteiger partial charge in [-0.25, -0.2) is 4.98 Å². The van der Waals surface area contributed by atoms with Crippen LogP contribution in [0.25, 0.3) is 0 Å². The van der Waals surface area contributed by atoms with E-state index in [0.29, 0.717) is 23.5 Å². The molecule has 222 valence electrons. The smallest absolute Gasteiger partial charge is 0.342 e. The van der Waals surface area contributed by atoms with Crippen LogP contribution in [-0.2, 0) is 4.79 Å². The van der Waals surface area contributed by atoms with Crippen molar-refractivity contribution in [1.82, 2.24) is 20.2 Å². The molecule has 2 aliphatic heterocycles. The molecule has 3 N–H and O–H groups in total. The number of piperidine rings is 1. The number of alkyl halides is 2. The standard InChI is InChI=1S/C28H37F2N7O4/c1-35-22-16-31-27(34-24(22)37(20-5-3-4-6-20)17-28(29,30)26(35)40)33-21-8-7-18(15-23(21)41-2)25(39)32-19-9-11-36(12-10-19)13-14-38/h7-8,15-16,19-20,38H,3-6,9-14,17H2,1-2H3,(H,32,39)(H,31,33,34). The highest BCUT2D eigenvalue weighted by Crippen LogP contribution is 2.40. The van der Waals surface area contributed by atoms with E-state index >= 15 is 0 Å². The number of rotatable bonds is 8. The number of carbonyl (C=O) groups is 2. The summed E-state index contributed by atoms with van der Waals surface area (Å²) >= 11 is 0. The predicted molar refractivity (Wildman–Crippen MR) is 150 cm³/mol. The second-order valence-electron chi connectivity index (χ2n) is 10.9. The van der Waals surface area contributed by atoms with Gasteiger partial charge in [-0.05, 0) is 43.9 Å². The molecule has 2 amide bonds. The number of ether oxygens (including phenoxy) is 1. The van der Waals surface area contributed by atoms with Gasteiger partial charge >= 0.3 is 5.92 Å². The lowest BCUT2D eigenvalue weighted by Crippen LogP contribution is -2.48. The van der Waals surface area contributed by atoms with Gasteiger partial charge in [0.25, 0.3) is 11.8 Å². The Balaban J connectivity index is 1.34. The summed E-state index contributed by atoms with van der Waals surface area (Å²) in [4.78, 5) is 39.0. The first-order chi connectivity index (χ1) is 19.7. The van der Waals surface area contributed by atoms with E-state index in [9.17, 15) is 18.4 Å².